The fourth-order valence-corrected chi connectivity index (χ4v) is 1.90. The number of hydrogen-bond donors (Lipinski definition) is 1. The van der Waals surface area contributed by atoms with E-state index >= 15 is 0 Å². The molecule has 1 amide bonds. The molecule has 0 radical (unpaired) electrons. The molecule has 1 aromatic heterocycles. The lowest BCUT2D eigenvalue weighted by Gasteiger charge is -2.09. The Morgan fingerprint density at radius 3 is 2.76 bits per heavy atom. The molecule has 7 heteroatoms. The van der Waals surface area contributed by atoms with Crippen molar-refractivity contribution < 1.29 is 18.3 Å². The number of ether oxygens (including phenoxy) is 1. The fourth-order valence-electron chi connectivity index (χ4n) is 1.72. The van der Waals surface area contributed by atoms with Crippen molar-refractivity contribution in [3.05, 3.63) is 58.4 Å². The van der Waals surface area contributed by atoms with Crippen molar-refractivity contribution in [2.45, 2.75) is 6.61 Å². The zero-order valence-corrected chi connectivity index (χ0v) is 11.7. The highest BCUT2D eigenvalue weighted by atomic mass is 35.5. The number of carbonyl (C=O) groups is 1. The van der Waals surface area contributed by atoms with Crippen LogP contribution in [0.25, 0.3) is 0 Å². The van der Waals surface area contributed by atoms with Crippen molar-refractivity contribution in [1.82, 2.24) is 4.98 Å². The average molecular weight is 313 g/mol. The number of amides is 1. The molecule has 110 valence electrons. The lowest BCUT2D eigenvalue weighted by atomic mass is 10.2. The number of nitrogens with one attached hydrogen (secondary N) is 1. The van der Waals surface area contributed by atoms with Crippen LogP contribution in [0.5, 0.6) is 0 Å². The normalized spacial score (nSPS) is 10.5. The fraction of sp³-hybridized carbons (Fsp3) is 0.143. The Kier molecular flexibility index (Phi) is 4.82. The molecule has 0 atom stereocenters. The molecule has 0 fully saturated rings. The third-order valence-corrected chi connectivity index (χ3v) is 2.83. The standard InChI is InChI=1S/C14H11ClF2N2O2/c1-21-7-8-4-9(15)6-18-13(8)14(20)19-10-2-3-11(16)12(17)5-10/h2-6H,7H2,1H3,(H,19,20). The Labute approximate surface area is 124 Å². The van der Waals surface area contributed by atoms with Crippen LogP contribution >= 0.6 is 11.6 Å². The van der Waals surface area contributed by atoms with E-state index in [2.05, 4.69) is 10.3 Å². The average Bonchev–Trinajstić information content (AvgIpc) is 2.43. The predicted molar refractivity (Wildman–Crippen MR) is 74.3 cm³/mol. The third kappa shape index (κ3) is 3.74. The second-order valence-corrected chi connectivity index (χ2v) is 4.61. The van der Waals surface area contributed by atoms with Gasteiger partial charge in [-0.2, -0.15) is 0 Å². The number of nitrogens with zero attached hydrogens (tertiary/aromatic N) is 1. The zero-order chi connectivity index (χ0) is 15.4. The van der Waals surface area contributed by atoms with Crippen LogP contribution in [0.4, 0.5) is 14.5 Å². The summed E-state index contributed by atoms with van der Waals surface area (Å²) in [4.78, 5) is 16.1. The maximum atomic E-state index is 13.1. The summed E-state index contributed by atoms with van der Waals surface area (Å²) >= 11 is 5.81. The molecular weight excluding hydrogens is 302 g/mol. The summed E-state index contributed by atoms with van der Waals surface area (Å²) in [6.07, 6.45) is 1.32. The van der Waals surface area contributed by atoms with Gasteiger partial charge in [0, 0.05) is 30.6 Å². The van der Waals surface area contributed by atoms with E-state index in [0.29, 0.717) is 10.6 Å². The Bertz CT molecular complexity index is 680. The van der Waals surface area contributed by atoms with E-state index < -0.39 is 17.5 Å². The third-order valence-electron chi connectivity index (χ3n) is 2.63. The minimum Gasteiger partial charge on any atom is -0.380 e. The summed E-state index contributed by atoms with van der Waals surface area (Å²) < 4.78 is 30.9. The number of hydrogen-bond acceptors (Lipinski definition) is 3. The number of methoxy groups -OCH3 is 1. The molecule has 0 saturated heterocycles. The summed E-state index contributed by atoms with van der Waals surface area (Å²) in [6.45, 7) is 0.147. The Morgan fingerprint density at radius 2 is 2.10 bits per heavy atom. The van der Waals surface area contributed by atoms with E-state index in [0.717, 1.165) is 12.1 Å². The van der Waals surface area contributed by atoms with Crippen LogP contribution in [0.3, 0.4) is 0 Å². The molecule has 4 nitrogen and oxygen atoms in total. The van der Waals surface area contributed by atoms with Gasteiger partial charge in [-0.25, -0.2) is 13.8 Å². The van der Waals surface area contributed by atoms with Crippen molar-refractivity contribution >= 4 is 23.2 Å². The highest BCUT2D eigenvalue weighted by Crippen LogP contribution is 2.17. The van der Waals surface area contributed by atoms with Crippen molar-refractivity contribution in [3.63, 3.8) is 0 Å². The van der Waals surface area contributed by atoms with Crippen LogP contribution in [-0.2, 0) is 11.3 Å². The van der Waals surface area contributed by atoms with E-state index in [1.807, 2.05) is 0 Å². The maximum Gasteiger partial charge on any atom is 0.274 e. The molecule has 2 aromatic rings. The second kappa shape index (κ2) is 6.60. The minimum atomic E-state index is -1.05. The van der Waals surface area contributed by atoms with Crippen molar-refractivity contribution in [1.29, 1.82) is 0 Å². The van der Waals surface area contributed by atoms with Crippen LogP contribution in [0.15, 0.2) is 30.5 Å². The lowest BCUT2D eigenvalue weighted by molar-refractivity contribution is 0.101. The molecule has 0 aliphatic heterocycles. The largest absolute Gasteiger partial charge is 0.380 e. The van der Waals surface area contributed by atoms with Gasteiger partial charge in [0.2, 0.25) is 0 Å². The van der Waals surface area contributed by atoms with Crippen LogP contribution in [0.2, 0.25) is 5.02 Å². The smallest absolute Gasteiger partial charge is 0.274 e. The predicted octanol–water partition coefficient (Wildman–Crippen LogP) is 3.41. The quantitative estimate of drug-likeness (QED) is 0.941. The molecule has 2 rings (SSSR count). The number of halogens is 3. The van der Waals surface area contributed by atoms with E-state index in [9.17, 15) is 13.6 Å². The Hall–Kier alpha value is -2.05. The van der Waals surface area contributed by atoms with Gasteiger partial charge in [0.15, 0.2) is 11.6 Å². The van der Waals surface area contributed by atoms with Crippen LogP contribution in [0.1, 0.15) is 16.1 Å². The van der Waals surface area contributed by atoms with Gasteiger partial charge >= 0.3 is 0 Å². The maximum absolute atomic E-state index is 13.1. The topological polar surface area (TPSA) is 51.2 Å². The van der Waals surface area contributed by atoms with Crippen molar-refractivity contribution in [2.75, 3.05) is 12.4 Å². The molecule has 0 aliphatic rings. The molecule has 21 heavy (non-hydrogen) atoms. The summed E-state index contributed by atoms with van der Waals surface area (Å²) in [6, 6.07) is 4.62. The number of anilines is 1. The number of benzene rings is 1. The van der Waals surface area contributed by atoms with Crippen molar-refractivity contribution in [3.8, 4) is 0 Å². The molecule has 0 aliphatic carbocycles. The van der Waals surface area contributed by atoms with Gasteiger partial charge in [-0.3, -0.25) is 4.79 Å². The molecular formula is C14H11ClF2N2O2. The Balaban J connectivity index is 2.25. The van der Waals surface area contributed by atoms with Gasteiger partial charge < -0.3 is 10.1 Å². The van der Waals surface area contributed by atoms with Gasteiger partial charge in [-0.1, -0.05) is 11.6 Å². The summed E-state index contributed by atoms with van der Waals surface area (Å²) in [5.74, 6) is -2.60. The first-order valence-corrected chi connectivity index (χ1v) is 6.29. The van der Waals surface area contributed by atoms with E-state index in [-0.39, 0.29) is 18.0 Å². The molecule has 1 N–H and O–H groups in total. The summed E-state index contributed by atoms with van der Waals surface area (Å²) in [5.41, 5.74) is 0.718. The van der Waals surface area contributed by atoms with Crippen molar-refractivity contribution in [2.24, 2.45) is 0 Å². The second-order valence-electron chi connectivity index (χ2n) is 4.18. The molecule has 0 saturated carbocycles. The highest BCUT2D eigenvalue weighted by Gasteiger charge is 2.15. The molecule has 1 heterocycles. The van der Waals surface area contributed by atoms with E-state index in [1.54, 1.807) is 6.07 Å². The van der Waals surface area contributed by atoms with Gasteiger partial charge in [-0.15, -0.1) is 0 Å². The number of pyridine rings is 1. The Morgan fingerprint density at radius 1 is 1.33 bits per heavy atom. The lowest BCUT2D eigenvalue weighted by Crippen LogP contribution is -2.16. The first-order chi connectivity index (χ1) is 10.0. The summed E-state index contributed by atoms with van der Waals surface area (Å²) in [7, 11) is 1.47. The number of aromatic nitrogens is 1. The number of carbonyl (C=O) groups excluding carboxylic acids is 1. The van der Waals surface area contributed by atoms with Gasteiger partial charge in [0.1, 0.15) is 5.69 Å². The monoisotopic (exact) mass is 312 g/mol. The summed E-state index contributed by atoms with van der Waals surface area (Å²) in [5, 5.41) is 2.80. The molecule has 1 aromatic carbocycles. The van der Waals surface area contributed by atoms with E-state index in [1.165, 1.54) is 19.4 Å². The van der Waals surface area contributed by atoms with Gasteiger partial charge in [-0.05, 0) is 18.2 Å². The number of rotatable bonds is 4. The minimum absolute atomic E-state index is 0.103. The molecule has 0 unspecified atom stereocenters. The first-order valence-electron chi connectivity index (χ1n) is 5.91. The highest BCUT2D eigenvalue weighted by molar-refractivity contribution is 6.30. The molecule has 0 bridgehead atoms. The SMILES string of the molecule is COCc1cc(Cl)cnc1C(=O)Nc1ccc(F)c(F)c1. The van der Waals surface area contributed by atoms with Crippen LogP contribution in [-0.4, -0.2) is 18.0 Å². The van der Waals surface area contributed by atoms with E-state index in [4.69, 9.17) is 16.3 Å². The first kappa shape index (κ1) is 15.3. The van der Waals surface area contributed by atoms with Crippen LogP contribution in [0, 0.1) is 11.6 Å². The molecule has 0 spiro atoms. The zero-order valence-electron chi connectivity index (χ0n) is 11.0. The van der Waals surface area contributed by atoms with Crippen LogP contribution < -0.4 is 5.32 Å². The van der Waals surface area contributed by atoms with Gasteiger partial charge in [0.05, 0.1) is 11.6 Å². The van der Waals surface area contributed by atoms with Gasteiger partial charge in [0.25, 0.3) is 5.91 Å².